The van der Waals surface area contributed by atoms with Gasteiger partial charge in [-0.15, -0.1) is 0 Å². The Bertz CT molecular complexity index is 1200. The third-order valence-electron chi connectivity index (χ3n) is 4.69. The van der Waals surface area contributed by atoms with Crippen molar-refractivity contribution >= 4 is 35.1 Å². The van der Waals surface area contributed by atoms with Crippen LogP contribution in [0.3, 0.4) is 0 Å². The number of para-hydroxylation sites is 1. The first-order valence-electron chi connectivity index (χ1n) is 9.50. The van der Waals surface area contributed by atoms with Gasteiger partial charge < -0.3 is 14.2 Å². The molecule has 1 aliphatic rings. The molecule has 0 saturated heterocycles. The number of allylic oxidation sites excluding steroid dienone is 3. The molecule has 31 heavy (non-hydrogen) atoms. The van der Waals surface area contributed by atoms with E-state index in [4.69, 9.17) is 37.4 Å². The second-order valence-corrected chi connectivity index (χ2v) is 7.57. The zero-order valence-electron chi connectivity index (χ0n) is 16.6. The minimum atomic E-state index is -0.171. The highest BCUT2D eigenvalue weighted by Crippen LogP contribution is 2.34. The molecule has 0 aliphatic carbocycles. The largest absolute Gasteiger partial charge is 0.496 e. The molecule has 0 radical (unpaired) electrons. The lowest BCUT2D eigenvalue weighted by atomic mass is 10.1. The van der Waals surface area contributed by atoms with Gasteiger partial charge in [-0.3, -0.25) is 4.79 Å². The summed E-state index contributed by atoms with van der Waals surface area (Å²) < 4.78 is 16.9. The zero-order valence-corrected chi connectivity index (χ0v) is 18.1. The fourth-order valence-electron chi connectivity index (χ4n) is 3.11. The highest BCUT2D eigenvalue weighted by molar-refractivity contribution is 6.42. The van der Waals surface area contributed by atoms with E-state index in [0.29, 0.717) is 33.7 Å². The molecule has 0 unspecified atom stereocenters. The van der Waals surface area contributed by atoms with Crippen molar-refractivity contribution in [3.8, 4) is 17.2 Å². The van der Waals surface area contributed by atoms with Crippen LogP contribution in [-0.2, 0) is 6.61 Å². The first-order valence-corrected chi connectivity index (χ1v) is 10.3. The van der Waals surface area contributed by atoms with Gasteiger partial charge in [0.1, 0.15) is 23.9 Å². The van der Waals surface area contributed by atoms with Gasteiger partial charge in [0.2, 0.25) is 5.78 Å². The lowest BCUT2D eigenvalue weighted by molar-refractivity contribution is 0.101. The Hall–Kier alpha value is -3.21. The highest BCUT2D eigenvalue weighted by atomic mass is 35.5. The van der Waals surface area contributed by atoms with Crippen LogP contribution in [0.5, 0.6) is 17.2 Å². The Kier molecular flexibility index (Phi) is 6.31. The van der Waals surface area contributed by atoms with Crippen molar-refractivity contribution in [2.24, 2.45) is 0 Å². The number of methoxy groups -OCH3 is 1. The summed E-state index contributed by atoms with van der Waals surface area (Å²) in [5.74, 6) is 1.89. The summed E-state index contributed by atoms with van der Waals surface area (Å²) in [6, 6.07) is 18.1. The molecule has 0 N–H and O–H groups in total. The van der Waals surface area contributed by atoms with Crippen LogP contribution < -0.4 is 14.2 Å². The maximum Gasteiger partial charge on any atom is 0.231 e. The van der Waals surface area contributed by atoms with Gasteiger partial charge in [0.25, 0.3) is 0 Å². The van der Waals surface area contributed by atoms with Gasteiger partial charge in [0.05, 0.1) is 22.7 Å². The maximum atomic E-state index is 12.6. The smallest absolute Gasteiger partial charge is 0.231 e. The number of carbonyl (C=O) groups is 1. The average molecular weight is 453 g/mol. The minimum Gasteiger partial charge on any atom is -0.496 e. The van der Waals surface area contributed by atoms with E-state index < -0.39 is 0 Å². The van der Waals surface area contributed by atoms with Crippen molar-refractivity contribution in [2.75, 3.05) is 7.11 Å². The molecule has 156 valence electrons. The van der Waals surface area contributed by atoms with Crippen LogP contribution in [0.15, 0.2) is 78.6 Å². The Labute approximate surface area is 190 Å². The number of halogens is 2. The van der Waals surface area contributed by atoms with Gasteiger partial charge in [0, 0.05) is 11.6 Å². The fraction of sp³-hybridized carbons (Fsp3) is 0.0800. The second kappa shape index (κ2) is 9.29. The lowest BCUT2D eigenvalue weighted by Gasteiger charge is -2.08. The number of hydrogen-bond acceptors (Lipinski definition) is 4. The van der Waals surface area contributed by atoms with Gasteiger partial charge in [-0.25, -0.2) is 0 Å². The Morgan fingerprint density at radius 3 is 2.65 bits per heavy atom. The minimum absolute atomic E-state index is 0.171. The van der Waals surface area contributed by atoms with E-state index in [0.717, 1.165) is 16.9 Å². The molecule has 4 nitrogen and oxygen atoms in total. The Morgan fingerprint density at radius 1 is 1.00 bits per heavy atom. The van der Waals surface area contributed by atoms with Gasteiger partial charge in [-0.05, 0) is 42.0 Å². The molecule has 0 saturated carbocycles. The molecule has 3 aromatic carbocycles. The van der Waals surface area contributed by atoms with Crippen LogP contribution >= 0.6 is 23.2 Å². The molecule has 0 spiro atoms. The molecular weight excluding hydrogens is 435 g/mol. The first-order chi connectivity index (χ1) is 15.0. The molecule has 0 amide bonds. The summed E-state index contributed by atoms with van der Waals surface area (Å²) in [6.07, 6.45) is 5.26. The molecular formula is C25H18Cl2O4. The predicted molar refractivity (Wildman–Crippen MR) is 122 cm³/mol. The number of fused-ring (bicyclic) bond motifs is 1. The standard InChI is InChI=1S/C25H18Cl2O4/c1-29-22-7-3-2-5-17(22)6-4-8-23-25(28)19-11-10-18(14-24(19)31-23)30-15-16-9-12-20(26)21(27)13-16/h2-14H,15H2,1H3. The molecule has 4 rings (SSSR count). The number of hydrogen-bond donors (Lipinski definition) is 0. The van der Waals surface area contributed by atoms with Gasteiger partial charge in [-0.1, -0.05) is 59.6 Å². The molecule has 0 fully saturated rings. The van der Waals surface area contributed by atoms with E-state index in [1.807, 2.05) is 36.4 Å². The molecule has 6 heteroatoms. The number of ketones is 1. The predicted octanol–water partition coefficient (Wildman–Crippen LogP) is 6.75. The van der Waals surface area contributed by atoms with Crippen molar-refractivity contribution in [2.45, 2.75) is 6.61 Å². The summed E-state index contributed by atoms with van der Waals surface area (Å²) >= 11 is 12.0. The molecule has 0 aromatic heterocycles. The van der Waals surface area contributed by atoms with Crippen molar-refractivity contribution in [3.63, 3.8) is 0 Å². The van der Waals surface area contributed by atoms with Crippen LogP contribution in [-0.4, -0.2) is 12.9 Å². The Morgan fingerprint density at radius 2 is 1.84 bits per heavy atom. The van der Waals surface area contributed by atoms with E-state index in [2.05, 4.69) is 0 Å². The van der Waals surface area contributed by atoms with Crippen LogP contribution in [0, 0.1) is 0 Å². The van der Waals surface area contributed by atoms with E-state index >= 15 is 0 Å². The summed E-state index contributed by atoms with van der Waals surface area (Å²) in [5, 5.41) is 0.968. The fourth-order valence-corrected chi connectivity index (χ4v) is 3.43. The maximum absolute atomic E-state index is 12.6. The number of carbonyl (C=O) groups excluding carboxylic acids is 1. The molecule has 0 atom stereocenters. The van der Waals surface area contributed by atoms with Gasteiger partial charge in [0.15, 0.2) is 5.76 Å². The summed E-state index contributed by atoms with van der Waals surface area (Å²) in [6.45, 7) is 0.313. The number of benzene rings is 3. The Balaban J connectivity index is 1.45. The summed E-state index contributed by atoms with van der Waals surface area (Å²) in [7, 11) is 1.62. The molecule has 3 aromatic rings. The quantitative estimate of drug-likeness (QED) is 0.387. The monoisotopic (exact) mass is 452 g/mol. The van der Waals surface area contributed by atoms with E-state index in [1.54, 1.807) is 49.6 Å². The average Bonchev–Trinajstić information content (AvgIpc) is 3.09. The lowest BCUT2D eigenvalue weighted by Crippen LogP contribution is -1.97. The molecule has 1 heterocycles. The van der Waals surface area contributed by atoms with Crippen molar-refractivity contribution in [1.29, 1.82) is 0 Å². The SMILES string of the molecule is COc1ccccc1C=CC=C1Oc2cc(OCc3ccc(Cl)c(Cl)c3)ccc2C1=O. The van der Waals surface area contributed by atoms with Gasteiger partial charge in [-0.2, -0.15) is 0 Å². The van der Waals surface area contributed by atoms with Crippen LogP contribution in [0.2, 0.25) is 10.0 Å². The zero-order chi connectivity index (χ0) is 21.8. The third kappa shape index (κ3) is 4.76. The first kappa shape index (κ1) is 21.0. The summed E-state index contributed by atoms with van der Waals surface area (Å²) in [4.78, 5) is 12.6. The van der Waals surface area contributed by atoms with Crippen LogP contribution in [0.25, 0.3) is 6.08 Å². The molecule has 0 bridgehead atoms. The van der Waals surface area contributed by atoms with Crippen molar-refractivity contribution in [3.05, 3.63) is 105 Å². The topological polar surface area (TPSA) is 44.8 Å². The number of Topliss-reactive ketones (excluding diaryl/α,β-unsaturated/α-hetero) is 1. The van der Waals surface area contributed by atoms with E-state index in [1.165, 1.54) is 0 Å². The molecule has 1 aliphatic heterocycles. The van der Waals surface area contributed by atoms with E-state index in [-0.39, 0.29) is 11.5 Å². The van der Waals surface area contributed by atoms with E-state index in [9.17, 15) is 4.79 Å². The van der Waals surface area contributed by atoms with Crippen LogP contribution in [0.1, 0.15) is 21.5 Å². The van der Waals surface area contributed by atoms with Gasteiger partial charge >= 0.3 is 0 Å². The van der Waals surface area contributed by atoms with Crippen molar-refractivity contribution < 1.29 is 19.0 Å². The number of ether oxygens (including phenoxy) is 3. The normalized spacial score (nSPS) is 14.0. The highest BCUT2D eigenvalue weighted by Gasteiger charge is 2.27. The van der Waals surface area contributed by atoms with Crippen LogP contribution in [0.4, 0.5) is 0 Å². The second-order valence-electron chi connectivity index (χ2n) is 6.76. The number of rotatable bonds is 6. The van der Waals surface area contributed by atoms with Crippen molar-refractivity contribution in [1.82, 2.24) is 0 Å². The third-order valence-corrected chi connectivity index (χ3v) is 5.43. The summed E-state index contributed by atoms with van der Waals surface area (Å²) in [5.41, 5.74) is 2.29.